The van der Waals surface area contributed by atoms with Crippen molar-refractivity contribution in [2.75, 3.05) is 0 Å². The predicted octanol–water partition coefficient (Wildman–Crippen LogP) is 4.01. The average molecular weight is 285 g/mol. The van der Waals surface area contributed by atoms with Crippen molar-refractivity contribution in [2.45, 2.75) is 19.9 Å². The quantitative estimate of drug-likeness (QED) is 0.787. The van der Waals surface area contributed by atoms with Crippen molar-refractivity contribution in [1.82, 2.24) is 4.57 Å². The number of carbonyl (C=O) groups is 1. The molecule has 0 aliphatic rings. The van der Waals surface area contributed by atoms with Crippen LogP contribution >= 0.6 is 11.3 Å². The maximum absolute atomic E-state index is 11.3. The van der Waals surface area contributed by atoms with Gasteiger partial charge in [-0.2, -0.15) is 0 Å². The molecule has 0 saturated carbocycles. The van der Waals surface area contributed by atoms with Crippen LogP contribution in [0, 0.1) is 0 Å². The third kappa shape index (κ3) is 2.23. The Kier molecular flexibility index (Phi) is 3.32. The Morgan fingerprint density at radius 2 is 1.95 bits per heavy atom. The molecule has 2 heterocycles. The molecular weight excluding hydrogens is 270 g/mol. The molecule has 0 bridgehead atoms. The van der Waals surface area contributed by atoms with E-state index in [0.717, 1.165) is 23.9 Å². The third-order valence-electron chi connectivity index (χ3n) is 3.41. The summed E-state index contributed by atoms with van der Waals surface area (Å²) in [6.45, 7) is 2.86. The van der Waals surface area contributed by atoms with Gasteiger partial charge in [-0.05, 0) is 24.6 Å². The number of thiophene rings is 1. The maximum Gasteiger partial charge on any atom is 0.337 e. The van der Waals surface area contributed by atoms with Crippen LogP contribution < -0.4 is 0 Å². The van der Waals surface area contributed by atoms with E-state index in [1.165, 1.54) is 9.75 Å². The molecule has 0 aliphatic heterocycles. The number of benzene rings is 1. The zero-order chi connectivity index (χ0) is 14.1. The number of nitrogens with zero attached hydrogens (tertiary/aromatic N) is 1. The summed E-state index contributed by atoms with van der Waals surface area (Å²) in [5.41, 5.74) is 1.34. The van der Waals surface area contributed by atoms with Crippen LogP contribution in [0.1, 0.15) is 27.0 Å². The normalized spacial score (nSPS) is 11.1. The van der Waals surface area contributed by atoms with Crippen LogP contribution in [0.2, 0.25) is 0 Å². The van der Waals surface area contributed by atoms with Crippen LogP contribution in [0.4, 0.5) is 0 Å². The average Bonchev–Trinajstić information content (AvgIpc) is 3.04. The molecule has 1 N–H and O–H groups in total. The van der Waals surface area contributed by atoms with Gasteiger partial charge in [0.25, 0.3) is 0 Å². The molecule has 3 nitrogen and oxygen atoms in total. The van der Waals surface area contributed by atoms with Gasteiger partial charge in [0.2, 0.25) is 0 Å². The Hall–Kier alpha value is -2.07. The van der Waals surface area contributed by atoms with Crippen molar-refractivity contribution in [3.05, 3.63) is 57.9 Å². The summed E-state index contributed by atoms with van der Waals surface area (Å²) in [7, 11) is 0. The van der Waals surface area contributed by atoms with E-state index in [4.69, 9.17) is 0 Å². The molecule has 3 aromatic rings. The molecule has 0 unspecified atom stereocenters. The standard InChI is InChI=1S/C16H15NO2S/c1-2-11-7-8-12(20-11)9-17-10-14(16(18)19)13-5-3-4-6-15(13)17/h3-8,10H,2,9H2,1H3,(H,18,19). The molecule has 0 radical (unpaired) electrons. The van der Waals surface area contributed by atoms with Gasteiger partial charge in [0.15, 0.2) is 0 Å². The number of aromatic nitrogens is 1. The Labute approximate surface area is 121 Å². The highest BCUT2D eigenvalue weighted by Crippen LogP contribution is 2.24. The summed E-state index contributed by atoms with van der Waals surface area (Å²) < 4.78 is 2.02. The molecule has 0 spiro atoms. The lowest BCUT2D eigenvalue weighted by atomic mass is 10.2. The van der Waals surface area contributed by atoms with E-state index in [1.54, 1.807) is 17.5 Å². The molecule has 0 saturated heterocycles. The number of rotatable bonds is 4. The van der Waals surface area contributed by atoms with E-state index >= 15 is 0 Å². The fourth-order valence-electron chi connectivity index (χ4n) is 2.41. The van der Waals surface area contributed by atoms with Gasteiger partial charge in [0.1, 0.15) is 0 Å². The number of hydrogen-bond acceptors (Lipinski definition) is 2. The lowest BCUT2D eigenvalue weighted by molar-refractivity contribution is 0.0699. The molecule has 2 aromatic heterocycles. The number of carboxylic acid groups (broad SMARTS) is 1. The topological polar surface area (TPSA) is 42.2 Å². The second-order valence-electron chi connectivity index (χ2n) is 4.71. The number of para-hydroxylation sites is 1. The second-order valence-corrected chi connectivity index (χ2v) is 5.97. The van der Waals surface area contributed by atoms with Crippen molar-refractivity contribution in [3.8, 4) is 0 Å². The molecule has 102 valence electrons. The summed E-state index contributed by atoms with van der Waals surface area (Å²) in [5.74, 6) is -0.875. The Morgan fingerprint density at radius 3 is 2.65 bits per heavy atom. The molecule has 0 aliphatic carbocycles. The molecule has 0 amide bonds. The van der Waals surface area contributed by atoms with E-state index in [9.17, 15) is 9.90 Å². The SMILES string of the molecule is CCc1ccc(Cn2cc(C(=O)O)c3ccccc32)s1. The first-order chi connectivity index (χ1) is 9.69. The fraction of sp³-hybridized carbons (Fsp3) is 0.188. The van der Waals surface area contributed by atoms with Crippen molar-refractivity contribution in [2.24, 2.45) is 0 Å². The van der Waals surface area contributed by atoms with Gasteiger partial charge < -0.3 is 9.67 Å². The number of fused-ring (bicyclic) bond motifs is 1. The number of carboxylic acids is 1. The lowest BCUT2D eigenvalue weighted by Gasteiger charge is -2.02. The summed E-state index contributed by atoms with van der Waals surface area (Å²) in [5, 5.41) is 10.1. The molecule has 20 heavy (non-hydrogen) atoms. The Morgan fingerprint density at radius 1 is 1.20 bits per heavy atom. The highest BCUT2D eigenvalue weighted by atomic mass is 32.1. The van der Waals surface area contributed by atoms with E-state index in [2.05, 4.69) is 19.1 Å². The molecule has 0 atom stereocenters. The van der Waals surface area contributed by atoms with Crippen molar-refractivity contribution in [1.29, 1.82) is 0 Å². The van der Waals surface area contributed by atoms with Crippen molar-refractivity contribution >= 4 is 28.2 Å². The minimum atomic E-state index is -0.875. The largest absolute Gasteiger partial charge is 0.478 e. The maximum atomic E-state index is 11.3. The third-order valence-corrected chi connectivity index (χ3v) is 4.63. The van der Waals surface area contributed by atoms with Crippen LogP contribution in [0.15, 0.2) is 42.6 Å². The zero-order valence-corrected chi connectivity index (χ0v) is 12.0. The number of aryl methyl sites for hydroxylation is 1. The Balaban J connectivity index is 2.05. The first-order valence-corrected chi connectivity index (χ1v) is 7.39. The van der Waals surface area contributed by atoms with Crippen LogP contribution in [-0.2, 0) is 13.0 Å². The van der Waals surface area contributed by atoms with Gasteiger partial charge in [-0.25, -0.2) is 4.79 Å². The van der Waals surface area contributed by atoms with Crippen molar-refractivity contribution < 1.29 is 9.90 Å². The highest BCUT2D eigenvalue weighted by molar-refractivity contribution is 7.11. The van der Waals surface area contributed by atoms with Crippen LogP contribution in [0.5, 0.6) is 0 Å². The zero-order valence-electron chi connectivity index (χ0n) is 11.2. The minimum Gasteiger partial charge on any atom is -0.478 e. The fourth-order valence-corrected chi connectivity index (χ4v) is 3.37. The monoisotopic (exact) mass is 285 g/mol. The van der Waals surface area contributed by atoms with Crippen LogP contribution in [-0.4, -0.2) is 15.6 Å². The van der Waals surface area contributed by atoms with E-state index in [-0.39, 0.29) is 0 Å². The molecular formula is C16H15NO2S. The van der Waals surface area contributed by atoms with Gasteiger partial charge in [0, 0.05) is 26.9 Å². The summed E-state index contributed by atoms with van der Waals surface area (Å²) in [6.07, 6.45) is 2.77. The van der Waals surface area contributed by atoms with Gasteiger partial charge in [0.05, 0.1) is 12.1 Å². The van der Waals surface area contributed by atoms with Gasteiger partial charge in [-0.1, -0.05) is 25.1 Å². The van der Waals surface area contributed by atoms with Crippen LogP contribution in [0.3, 0.4) is 0 Å². The summed E-state index contributed by atoms with van der Waals surface area (Å²) >= 11 is 1.79. The first-order valence-electron chi connectivity index (χ1n) is 6.57. The highest BCUT2D eigenvalue weighted by Gasteiger charge is 2.14. The Bertz CT molecular complexity index is 770. The minimum absolute atomic E-state index is 0.368. The summed E-state index contributed by atoms with van der Waals surface area (Å²) in [4.78, 5) is 13.9. The van der Waals surface area contributed by atoms with Crippen LogP contribution in [0.25, 0.3) is 10.9 Å². The molecule has 3 rings (SSSR count). The first kappa shape index (κ1) is 12.9. The van der Waals surface area contributed by atoms with E-state index in [0.29, 0.717) is 5.56 Å². The number of aromatic carboxylic acids is 1. The van der Waals surface area contributed by atoms with E-state index < -0.39 is 5.97 Å². The van der Waals surface area contributed by atoms with Gasteiger partial charge >= 0.3 is 5.97 Å². The van der Waals surface area contributed by atoms with Crippen molar-refractivity contribution in [3.63, 3.8) is 0 Å². The second kappa shape index (κ2) is 5.13. The molecule has 1 aromatic carbocycles. The smallest absolute Gasteiger partial charge is 0.337 e. The summed E-state index contributed by atoms with van der Waals surface area (Å²) in [6, 6.07) is 11.9. The van der Waals surface area contributed by atoms with E-state index in [1.807, 2.05) is 28.8 Å². The lowest BCUT2D eigenvalue weighted by Crippen LogP contribution is -1.97. The van der Waals surface area contributed by atoms with Gasteiger partial charge in [-0.3, -0.25) is 0 Å². The molecule has 0 fully saturated rings. The van der Waals surface area contributed by atoms with Gasteiger partial charge in [-0.15, -0.1) is 11.3 Å². The predicted molar refractivity (Wildman–Crippen MR) is 81.7 cm³/mol. The molecule has 4 heteroatoms. The number of hydrogen-bond donors (Lipinski definition) is 1.